The molecule has 0 saturated heterocycles. The number of rotatable bonds is 5. The summed E-state index contributed by atoms with van der Waals surface area (Å²) in [6.45, 7) is 4.39. The van der Waals surface area contributed by atoms with E-state index in [1.54, 1.807) is 0 Å². The molecule has 0 amide bonds. The van der Waals surface area contributed by atoms with Crippen LogP contribution in [0.25, 0.3) is 0 Å². The second-order valence-corrected chi connectivity index (χ2v) is 8.02. The Kier molecular flexibility index (Phi) is 10.5. The van der Waals surface area contributed by atoms with Crippen molar-refractivity contribution in [1.82, 2.24) is 0 Å². The van der Waals surface area contributed by atoms with Gasteiger partial charge in [0, 0.05) is 5.75 Å². The van der Waals surface area contributed by atoms with E-state index in [1.807, 2.05) is 13.8 Å². The Morgan fingerprint density at radius 3 is 2.45 bits per heavy atom. The van der Waals surface area contributed by atoms with Gasteiger partial charge in [0.25, 0.3) is 0 Å². The Morgan fingerprint density at radius 1 is 1.55 bits per heavy atom. The van der Waals surface area contributed by atoms with Gasteiger partial charge in [0.15, 0.2) is 0 Å². The Balaban J connectivity index is 0. The van der Waals surface area contributed by atoms with Crippen LogP contribution in [0, 0.1) is 0 Å². The summed E-state index contributed by atoms with van der Waals surface area (Å²) >= 11 is 6.18. The van der Waals surface area contributed by atoms with Crippen LogP contribution in [0.1, 0.15) is 20.3 Å². The Morgan fingerprint density at radius 2 is 2.09 bits per heavy atom. The van der Waals surface area contributed by atoms with E-state index in [4.69, 9.17) is 16.3 Å². The highest BCUT2D eigenvalue weighted by molar-refractivity contribution is 8.67. The molecular formula is C5H14ClO2PS2. The SMILES string of the molecule is CCCSP(O)(=S)OCC.Cl. The first-order valence-electron chi connectivity index (χ1n) is 3.24. The lowest BCUT2D eigenvalue weighted by atomic mass is 10.6. The third kappa shape index (κ3) is 9.12. The quantitative estimate of drug-likeness (QED) is 0.744. The summed E-state index contributed by atoms with van der Waals surface area (Å²) in [6, 6.07) is 0. The number of hydrogen-bond acceptors (Lipinski definition) is 3. The summed E-state index contributed by atoms with van der Waals surface area (Å²) in [5.74, 6) is 0.883. The van der Waals surface area contributed by atoms with Crippen LogP contribution in [-0.2, 0) is 16.3 Å². The summed E-state index contributed by atoms with van der Waals surface area (Å²) < 4.78 is 4.98. The van der Waals surface area contributed by atoms with E-state index in [2.05, 4.69) is 0 Å². The highest BCUT2D eigenvalue weighted by Crippen LogP contribution is 2.55. The van der Waals surface area contributed by atoms with Gasteiger partial charge in [0.2, 0.25) is 5.69 Å². The minimum atomic E-state index is -2.46. The standard InChI is InChI=1S/C5H13O2PS2.ClH/c1-3-5-10-8(6,9)7-4-2;/h3-5H2,1-2H3,(H,6,9);1H. The fourth-order valence-corrected chi connectivity index (χ4v) is 3.99. The van der Waals surface area contributed by atoms with E-state index in [1.165, 1.54) is 11.4 Å². The first kappa shape index (κ1) is 14.7. The minimum absolute atomic E-state index is 0. The monoisotopic (exact) mass is 236 g/mol. The zero-order valence-electron chi connectivity index (χ0n) is 6.65. The van der Waals surface area contributed by atoms with Crippen LogP contribution in [0.4, 0.5) is 0 Å². The molecule has 6 heteroatoms. The summed E-state index contributed by atoms with van der Waals surface area (Å²) in [5.41, 5.74) is -2.46. The van der Waals surface area contributed by atoms with Gasteiger partial charge in [-0.1, -0.05) is 18.3 Å². The first-order valence-corrected chi connectivity index (χ1v) is 7.50. The van der Waals surface area contributed by atoms with Gasteiger partial charge in [-0.15, -0.1) is 12.4 Å². The van der Waals surface area contributed by atoms with Crippen LogP contribution in [0.5, 0.6) is 0 Å². The fraction of sp³-hybridized carbons (Fsp3) is 1.00. The van der Waals surface area contributed by atoms with E-state index < -0.39 is 5.69 Å². The van der Waals surface area contributed by atoms with Crippen LogP contribution < -0.4 is 0 Å². The van der Waals surface area contributed by atoms with Gasteiger partial charge in [0.05, 0.1) is 6.61 Å². The molecule has 0 aromatic rings. The minimum Gasteiger partial charge on any atom is -0.337 e. The smallest absolute Gasteiger partial charge is 0.244 e. The van der Waals surface area contributed by atoms with Crippen LogP contribution in [0.2, 0.25) is 0 Å². The predicted octanol–water partition coefficient (Wildman–Crippen LogP) is 2.80. The largest absolute Gasteiger partial charge is 0.337 e. The third-order valence-electron chi connectivity index (χ3n) is 0.751. The molecule has 0 rings (SSSR count). The summed E-state index contributed by atoms with van der Waals surface area (Å²) in [5, 5.41) is 0. The lowest BCUT2D eigenvalue weighted by Gasteiger charge is -2.12. The van der Waals surface area contributed by atoms with Crippen LogP contribution >= 0.6 is 29.5 Å². The van der Waals surface area contributed by atoms with E-state index >= 15 is 0 Å². The van der Waals surface area contributed by atoms with Crippen molar-refractivity contribution in [3.63, 3.8) is 0 Å². The van der Waals surface area contributed by atoms with Gasteiger partial charge >= 0.3 is 0 Å². The molecule has 0 heterocycles. The molecule has 70 valence electrons. The normalized spacial score (nSPS) is 15.2. The van der Waals surface area contributed by atoms with Crippen molar-refractivity contribution < 1.29 is 9.42 Å². The Hall–Kier alpha value is 1.21. The molecule has 0 spiro atoms. The molecule has 0 aliphatic carbocycles. The molecule has 0 fully saturated rings. The molecule has 0 radical (unpaired) electrons. The van der Waals surface area contributed by atoms with Gasteiger partial charge in [0.1, 0.15) is 0 Å². The molecule has 0 aliphatic heterocycles. The zero-order valence-corrected chi connectivity index (χ0v) is 9.99. The Bertz CT molecular complexity index is 134. The molecular weight excluding hydrogens is 223 g/mol. The molecule has 0 bridgehead atoms. The van der Waals surface area contributed by atoms with Gasteiger partial charge in [-0.3, -0.25) is 0 Å². The first-order chi connectivity index (χ1) is 4.62. The second-order valence-electron chi connectivity index (χ2n) is 1.72. The van der Waals surface area contributed by atoms with E-state index in [9.17, 15) is 4.89 Å². The summed E-state index contributed by atoms with van der Waals surface area (Å²) in [4.78, 5) is 9.31. The molecule has 0 aromatic carbocycles. The van der Waals surface area contributed by atoms with Crippen molar-refractivity contribution >= 4 is 41.3 Å². The average Bonchev–Trinajstić information content (AvgIpc) is 1.84. The van der Waals surface area contributed by atoms with Crippen LogP contribution in [0.3, 0.4) is 0 Å². The molecule has 1 unspecified atom stereocenters. The molecule has 0 saturated carbocycles. The predicted molar refractivity (Wildman–Crippen MR) is 58.1 cm³/mol. The van der Waals surface area contributed by atoms with E-state index in [0.29, 0.717) is 6.61 Å². The highest BCUT2D eigenvalue weighted by Gasteiger charge is 2.11. The van der Waals surface area contributed by atoms with Gasteiger partial charge < -0.3 is 9.42 Å². The van der Waals surface area contributed by atoms with Crippen molar-refractivity contribution in [2.45, 2.75) is 20.3 Å². The van der Waals surface area contributed by atoms with Crippen molar-refractivity contribution in [3.8, 4) is 0 Å². The lowest BCUT2D eigenvalue weighted by molar-refractivity contribution is 0.341. The third-order valence-corrected chi connectivity index (χ3v) is 5.36. The van der Waals surface area contributed by atoms with Crippen LogP contribution in [-0.4, -0.2) is 17.3 Å². The van der Waals surface area contributed by atoms with Gasteiger partial charge in [-0.2, -0.15) is 0 Å². The molecule has 0 aromatic heterocycles. The molecule has 2 nitrogen and oxygen atoms in total. The second kappa shape index (κ2) is 7.84. The van der Waals surface area contributed by atoms with Gasteiger partial charge in [-0.25, -0.2) is 0 Å². The van der Waals surface area contributed by atoms with Crippen molar-refractivity contribution in [2.75, 3.05) is 12.4 Å². The van der Waals surface area contributed by atoms with Crippen molar-refractivity contribution in [2.24, 2.45) is 0 Å². The average molecular weight is 237 g/mol. The summed E-state index contributed by atoms with van der Waals surface area (Å²) in [7, 11) is 0. The van der Waals surface area contributed by atoms with E-state index in [-0.39, 0.29) is 12.4 Å². The summed E-state index contributed by atoms with van der Waals surface area (Å²) in [6.07, 6.45) is 1.02. The molecule has 0 aliphatic rings. The van der Waals surface area contributed by atoms with Crippen molar-refractivity contribution in [3.05, 3.63) is 0 Å². The molecule has 1 atom stereocenters. The molecule has 1 N–H and O–H groups in total. The fourth-order valence-electron chi connectivity index (χ4n) is 0.407. The molecule has 11 heavy (non-hydrogen) atoms. The highest BCUT2D eigenvalue weighted by atomic mass is 35.5. The maximum Gasteiger partial charge on any atom is 0.244 e. The lowest BCUT2D eigenvalue weighted by Crippen LogP contribution is -1.84. The topological polar surface area (TPSA) is 29.5 Å². The zero-order chi connectivity index (χ0) is 8.04. The van der Waals surface area contributed by atoms with Crippen molar-refractivity contribution in [1.29, 1.82) is 0 Å². The maximum atomic E-state index is 9.31. The van der Waals surface area contributed by atoms with E-state index in [0.717, 1.165) is 12.2 Å². The Labute approximate surface area is 83.4 Å². The number of hydrogen-bond donors (Lipinski definition) is 1. The maximum absolute atomic E-state index is 9.31. The van der Waals surface area contributed by atoms with Gasteiger partial charge in [-0.05, 0) is 25.2 Å². The number of halogens is 1. The van der Waals surface area contributed by atoms with Crippen LogP contribution in [0.15, 0.2) is 0 Å².